The minimum Gasteiger partial charge on any atom is -0.366 e. The number of halogens is 9. The Kier molecular flexibility index (Phi) is 12.3. The first-order chi connectivity index (χ1) is 23.9. The first kappa shape index (κ1) is 39.1. The van der Waals surface area contributed by atoms with Crippen LogP contribution in [0, 0.1) is 17.5 Å². The highest BCUT2D eigenvalue weighted by Crippen LogP contribution is 2.53. The number of ether oxygens (including phenoxy) is 1. The molecule has 4 aromatic carbocycles. The lowest BCUT2D eigenvalue weighted by Gasteiger charge is -2.37. The van der Waals surface area contributed by atoms with Crippen molar-refractivity contribution in [3.8, 4) is 0 Å². The molecule has 0 spiro atoms. The lowest BCUT2D eigenvalue weighted by molar-refractivity contribution is -0.392. The number of likely N-dealkylation sites (tertiary alicyclic amines) is 1. The van der Waals surface area contributed by atoms with Crippen LogP contribution in [-0.2, 0) is 39.0 Å². The van der Waals surface area contributed by atoms with Gasteiger partial charge in [-0.05, 0) is 60.5 Å². The molecule has 1 heterocycles. The van der Waals surface area contributed by atoms with E-state index in [2.05, 4.69) is 4.74 Å². The first-order valence-corrected chi connectivity index (χ1v) is 16.2. The fraction of sp³-hybridized carbons (Fsp3) is 0.257. The van der Waals surface area contributed by atoms with Gasteiger partial charge in [-0.2, -0.15) is 26.3 Å². The van der Waals surface area contributed by atoms with Crippen LogP contribution in [0.2, 0.25) is 0 Å². The maximum Gasteiger partial charge on any atom is 0.430 e. The third-order valence-corrected chi connectivity index (χ3v) is 9.64. The zero-order chi connectivity index (χ0) is 37.6. The van der Waals surface area contributed by atoms with Crippen molar-refractivity contribution < 1.29 is 58.0 Å². The highest BCUT2D eigenvalue weighted by molar-refractivity contribution is 7.85. The molecule has 2 N–H and O–H groups in total. The summed E-state index contributed by atoms with van der Waals surface area (Å²) in [4.78, 5) is 25.8. The molecule has 272 valence electrons. The molecule has 1 saturated heterocycles. The Hall–Kier alpha value is -4.70. The number of carbonyl (C=O) groups excluding carboxylic acids is 2. The summed E-state index contributed by atoms with van der Waals surface area (Å²) in [6, 6.07) is 18.9. The predicted octanol–water partition coefficient (Wildman–Crippen LogP) is 7.38. The molecule has 16 heteroatoms. The number of rotatable bonds is 9. The molecule has 5 rings (SSSR count). The maximum atomic E-state index is 13.5. The number of alkyl halides is 6. The normalized spacial score (nSPS) is 15.5. The molecule has 0 aliphatic carbocycles. The third kappa shape index (κ3) is 9.16. The monoisotopic (exact) mass is 744 g/mol. The number of nitrogens with two attached hydrogens (primary N) is 1. The van der Waals surface area contributed by atoms with Crippen molar-refractivity contribution in [2.24, 2.45) is 5.73 Å². The van der Waals surface area contributed by atoms with Gasteiger partial charge in [-0.3, -0.25) is 13.8 Å². The number of carbonyl (C=O) groups is 2. The predicted molar refractivity (Wildman–Crippen MR) is 168 cm³/mol. The van der Waals surface area contributed by atoms with Crippen LogP contribution < -0.4 is 5.73 Å². The molecule has 0 radical (unpaired) electrons. The zero-order valence-electron chi connectivity index (χ0n) is 26.3. The van der Waals surface area contributed by atoms with E-state index < -0.39 is 64.0 Å². The van der Waals surface area contributed by atoms with E-state index in [0.717, 1.165) is 23.8 Å². The van der Waals surface area contributed by atoms with Gasteiger partial charge in [0.25, 0.3) is 5.60 Å². The highest BCUT2D eigenvalue weighted by atomic mass is 32.2. The summed E-state index contributed by atoms with van der Waals surface area (Å²) in [6.07, 6.45) is -11.0. The van der Waals surface area contributed by atoms with E-state index in [0.29, 0.717) is 54.2 Å². The number of hydrogen-bond donors (Lipinski definition) is 1. The summed E-state index contributed by atoms with van der Waals surface area (Å²) in [5, 5.41) is -0.151. The van der Waals surface area contributed by atoms with Crippen LogP contribution in [0.4, 0.5) is 39.5 Å². The van der Waals surface area contributed by atoms with Crippen molar-refractivity contribution >= 4 is 22.6 Å². The van der Waals surface area contributed by atoms with Crippen molar-refractivity contribution in [1.82, 2.24) is 4.90 Å². The molecule has 4 aromatic rings. The number of primary amides is 1. The summed E-state index contributed by atoms with van der Waals surface area (Å²) in [5.74, 6) is -3.54. The van der Waals surface area contributed by atoms with Gasteiger partial charge >= 0.3 is 12.4 Å². The van der Waals surface area contributed by atoms with Gasteiger partial charge in [0, 0.05) is 34.7 Å². The van der Waals surface area contributed by atoms with Crippen molar-refractivity contribution in [2.45, 2.75) is 47.5 Å². The molecule has 51 heavy (non-hydrogen) atoms. The molecular formula is C35H29F9N2O4S. The SMILES string of the molecule is Fc1cccc(F)c1COC(c1ccccc1)(C(F)(F)F)C(F)(F)F.NC(=O)c1ccc(CC(=O)N2CCC(S(=O)c3ccc(F)cc3)C2)cc1. The second-order valence-electron chi connectivity index (χ2n) is 11.3. The smallest absolute Gasteiger partial charge is 0.366 e. The molecule has 1 fully saturated rings. The summed E-state index contributed by atoms with van der Waals surface area (Å²) >= 11 is 0. The number of nitrogens with zero attached hydrogens (tertiary/aromatic N) is 1. The molecule has 2 atom stereocenters. The largest absolute Gasteiger partial charge is 0.430 e. The molecule has 0 bridgehead atoms. The fourth-order valence-corrected chi connectivity index (χ4v) is 6.65. The van der Waals surface area contributed by atoms with Crippen molar-refractivity contribution in [2.75, 3.05) is 13.1 Å². The molecule has 6 nitrogen and oxygen atoms in total. The summed E-state index contributed by atoms with van der Waals surface area (Å²) in [6.45, 7) is -0.593. The maximum absolute atomic E-state index is 13.5. The molecule has 1 aliphatic heterocycles. The van der Waals surface area contributed by atoms with Gasteiger partial charge in [-0.1, -0.05) is 48.5 Å². The average molecular weight is 745 g/mol. The van der Waals surface area contributed by atoms with Gasteiger partial charge in [-0.25, -0.2) is 13.2 Å². The van der Waals surface area contributed by atoms with Crippen LogP contribution in [0.15, 0.2) is 102 Å². The Balaban J connectivity index is 0.000000229. The number of hydrogen-bond acceptors (Lipinski definition) is 4. The Bertz CT molecular complexity index is 1800. The molecule has 2 amide bonds. The van der Waals surface area contributed by atoms with E-state index in [1.165, 1.54) is 30.3 Å². The first-order valence-electron chi connectivity index (χ1n) is 15.0. The van der Waals surface area contributed by atoms with Crippen LogP contribution in [0.25, 0.3) is 0 Å². The van der Waals surface area contributed by atoms with Gasteiger partial charge in [0.1, 0.15) is 17.5 Å². The lowest BCUT2D eigenvalue weighted by Crippen LogP contribution is -2.55. The Morgan fingerprint density at radius 2 is 1.35 bits per heavy atom. The molecule has 2 unspecified atom stereocenters. The molecule has 1 aliphatic rings. The zero-order valence-corrected chi connectivity index (χ0v) is 27.1. The van der Waals surface area contributed by atoms with Crippen LogP contribution in [-0.4, -0.2) is 51.6 Å². The Labute approximate surface area is 288 Å². The van der Waals surface area contributed by atoms with Crippen molar-refractivity contribution in [3.63, 3.8) is 0 Å². The molecule has 0 aromatic heterocycles. The van der Waals surface area contributed by atoms with E-state index >= 15 is 0 Å². The lowest BCUT2D eigenvalue weighted by atomic mass is 9.91. The van der Waals surface area contributed by atoms with E-state index in [4.69, 9.17) is 5.73 Å². The van der Waals surface area contributed by atoms with E-state index in [9.17, 15) is 53.3 Å². The average Bonchev–Trinajstić information content (AvgIpc) is 3.57. The van der Waals surface area contributed by atoms with Gasteiger partial charge < -0.3 is 15.4 Å². The summed E-state index contributed by atoms with van der Waals surface area (Å²) < 4.78 is 137. The third-order valence-electron chi connectivity index (χ3n) is 7.91. The minimum absolute atomic E-state index is 0.0459. The minimum atomic E-state index is -5.92. The van der Waals surface area contributed by atoms with E-state index in [1.54, 1.807) is 29.2 Å². The quantitative estimate of drug-likeness (QED) is 0.181. The van der Waals surface area contributed by atoms with Gasteiger partial charge in [0.05, 0.1) is 29.1 Å². The van der Waals surface area contributed by atoms with Crippen molar-refractivity contribution in [3.05, 3.63) is 137 Å². The molecule has 0 saturated carbocycles. The van der Waals surface area contributed by atoms with Gasteiger partial charge in [0.15, 0.2) is 0 Å². The van der Waals surface area contributed by atoms with Crippen molar-refractivity contribution in [1.29, 1.82) is 0 Å². The topological polar surface area (TPSA) is 89.7 Å². The van der Waals surface area contributed by atoms with Crippen LogP contribution in [0.1, 0.15) is 33.5 Å². The number of benzene rings is 4. The van der Waals surface area contributed by atoms with Crippen LogP contribution in [0.3, 0.4) is 0 Å². The van der Waals surface area contributed by atoms with Crippen LogP contribution in [0.5, 0.6) is 0 Å². The number of amides is 2. The Morgan fingerprint density at radius 1 is 0.784 bits per heavy atom. The Morgan fingerprint density at radius 3 is 1.88 bits per heavy atom. The highest BCUT2D eigenvalue weighted by Gasteiger charge is 2.73. The molecular weight excluding hydrogens is 715 g/mol. The van der Waals surface area contributed by atoms with Gasteiger partial charge in [-0.15, -0.1) is 0 Å². The fourth-order valence-electron chi connectivity index (χ4n) is 5.22. The standard InChI is InChI=1S/C19H19FN2O3S.C16H10F8O/c20-15-5-7-16(8-6-15)26(25)17-9-10-22(12-17)18(23)11-13-1-3-14(4-2-13)19(21)24;17-12-7-4-8-13(18)11(12)9-25-14(15(19,20)21,16(22,23)24)10-5-2-1-3-6-10/h1-8,17H,9-12H2,(H2,21,24);1-8H,9H2. The summed E-state index contributed by atoms with van der Waals surface area (Å²) in [7, 11) is -1.27. The van der Waals surface area contributed by atoms with Crippen LogP contribution >= 0.6 is 0 Å². The second kappa shape index (κ2) is 16.1. The summed E-state index contributed by atoms with van der Waals surface area (Å²) in [5.41, 5.74) is -0.606. The van der Waals surface area contributed by atoms with Gasteiger partial charge in [0.2, 0.25) is 11.8 Å². The van der Waals surface area contributed by atoms with E-state index in [1.807, 2.05) is 0 Å². The van der Waals surface area contributed by atoms with E-state index in [-0.39, 0.29) is 23.4 Å². The second-order valence-corrected chi connectivity index (χ2v) is 13.0.